The minimum atomic E-state index is -3.68. The van der Waals surface area contributed by atoms with E-state index in [2.05, 4.69) is 15.0 Å². The smallest absolute Gasteiger partial charge is 0.257 e. The summed E-state index contributed by atoms with van der Waals surface area (Å²) in [5, 5.41) is 5.36. The Bertz CT molecular complexity index is 1330. The molecule has 0 saturated heterocycles. The van der Waals surface area contributed by atoms with Gasteiger partial charge in [-0.3, -0.25) is 10.1 Å². The number of anilines is 1. The first-order valence-corrected chi connectivity index (χ1v) is 11.4. The zero-order valence-electron chi connectivity index (χ0n) is 15.8. The van der Waals surface area contributed by atoms with E-state index >= 15 is 0 Å². The van der Waals surface area contributed by atoms with Crippen LogP contribution in [0.3, 0.4) is 0 Å². The molecule has 4 rings (SSSR count). The van der Waals surface area contributed by atoms with Gasteiger partial charge in [-0.1, -0.05) is 47.7 Å². The predicted octanol–water partition coefficient (Wildman–Crippen LogP) is 4.39. The summed E-state index contributed by atoms with van der Waals surface area (Å²) in [6, 6.07) is 17.7. The highest BCUT2D eigenvalue weighted by Crippen LogP contribution is 2.31. The Hall–Kier alpha value is -2.81. The molecule has 6 nitrogen and oxygen atoms in total. The van der Waals surface area contributed by atoms with E-state index in [9.17, 15) is 13.2 Å². The fourth-order valence-corrected chi connectivity index (χ4v) is 5.24. The summed E-state index contributed by atoms with van der Waals surface area (Å²) in [6.07, 6.45) is 0. The second kappa shape index (κ2) is 7.55. The highest BCUT2D eigenvalue weighted by Gasteiger charge is 2.18. The number of sulfonamides is 1. The highest BCUT2D eigenvalue weighted by molar-refractivity contribution is 7.89. The number of nitrogens with zero attached hydrogens (tertiary/aromatic N) is 1. The number of hydrogen-bond acceptors (Lipinski definition) is 5. The van der Waals surface area contributed by atoms with Crippen LogP contribution >= 0.6 is 11.3 Å². The number of carbonyl (C=O) groups is 1. The van der Waals surface area contributed by atoms with Crippen molar-refractivity contribution in [3.63, 3.8) is 0 Å². The van der Waals surface area contributed by atoms with E-state index < -0.39 is 15.9 Å². The topological polar surface area (TPSA) is 88.2 Å². The summed E-state index contributed by atoms with van der Waals surface area (Å²) >= 11 is 1.38. The van der Waals surface area contributed by atoms with E-state index in [1.807, 2.05) is 36.4 Å². The number of rotatable bonds is 5. The van der Waals surface area contributed by atoms with Gasteiger partial charge in [-0.2, -0.15) is 0 Å². The van der Waals surface area contributed by atoms with Gasteiger partial charge in [0.05, 0.1) is 15.1 Å². The van der Waals surface area contributed by atoms with Gasteiger partial charge in [0.2, 0.25) is 10.0 Å². The fraction of sp³-hybridized carbons (Fsp3) is 0.143. The average Bonchev–Trinajstić information content (AvgIpc) is 3.10. The summed E-state index contributed by atoms with van der Waals surface area (Å²) in [7, 11) is -3.68. The summed E-state index contributed by atoms with van der Waals surface area (Å²) < 4.78 is 28.2. The molecule has 3 aromatic carbocycles. The summed E-state index contributed by atoms with van der Waals surface area (Å²) in [4.78, 5) is 17.3. The molecule has 148 valence electrons. The van der Waals surface area contributed by atoms with Crippen LogP contribution < -0.4 is 10.0 Å². The molecule has 1 amide bonds. The third-order valence-corrected chi connectivity index (χ3v) is 6.89. The SMILES string of the molecule is CC(C)NS(=O)(=O)c1cccc(C(=O)Nc2nc3c(ccc4ccccc43)s2)c1. The number of fused-ring (bicyclic) bond motifs is 3. The van der Waals surface area contributed by atoms with Crippen LogP contribution in [0, 0.1) is 0 Å². The molecule has 0 fully saturated rings. The Morgan fingerprint density at radius 2 is 1.83 bits per heavy atom. The van der Waals surface area contributed by atoms with E-state index in [0.717, 1.165) is 21.0 Å². The van der Waals surface area contributed by atoms with Crippen molar-refractivity contribution < 1.29 is 13.2 Å². The van der Waals surface area contributed by atoms with Crippen LogP contribution in [0.1, 0.15) is 24.2 Å². The summed E-state index contributed by atoms with van der Waals surface area (Å²) in [6.45, 7) is 3.48. The number of hydrogen-bond donors (Lipinski definition) is 2. The predicted molar refractivity (Wildman–Crippen MR) is 117 cm³/mol. The molecule has 2 N–H and O–H groups in total. The molecule has 8 heteroatoms. The molecular weight excluding hydrogens is 406 g/mol. The van der Waals surface area contributed by atoms with Crippen molar-refractivity contribution in [1.82, 2.24) is 9.71 Å². The van der Waals surface area contributed by atoms with Crippen LogP contribution in [0.4, 0.5) is 5.13 Å². The van der Waals surface area contributed by atoms with Crippen molar-refractivity contribution in [1.29, 1.82) is 0 Å². The van der Waals surface area contributed by atoms with Gasteiger partial charge < -0.3 is 0 Å². The Kier molecular flexibility index (Phi) is 5.08. The largest absolute Gasteiger partial charge is 0.298 e. The molecule has 29 heavy (non-hydrogen) atoms. The first-order valence-electron chi connectivity index (χ1n) is 9.05. The number of nitrogens with one attached hydrogen (secondary N) is 2. The molecule has 1 aromatic heterocycles. The molecule has 0 aliphatic heterocycles. The van der Waals surface area contributed by atoms with E-state index in [1.54, 1.807) is 26.0 Å². The molecule has 0 unspecified atom stereocenters. The van der Waals surface area contributed by atoms with Gasteiger partial charge in [-0.05, 0) is 43.5 Å². The van der Waals surface area contributed by atoms with Crippen LogP contribution in [0.5, 0.6) is 0 Å². The normalized spacial score (nSPS) is 12.0. The Balaban J connectivity index is 1.63. The van der Waals surface area contributed by atoms with Gasteiger partial charge in [0, 0.05) is 17.0 Å². The van der Waals surface area contributed by atoms with Gasteiger partial charge in [0.15, 0.2) is 5.13 Å². The number of carbonyl (C=O) groups excluding carboxylic acids is 1. The maximum Gasteiger partial charge on any atom is 0.257 e. The Morgan fingerprint density at radius 1 is 1.03 bits per heavy atom. The van der Waals surface area contributed by atoms with E-state index in [0.29, 0.717) is 5.13 Å². The monoisotopic (exact) mass is 425 g/mol. The van der Waals surface area contributed by atoms with E-state index in [-0.39, 0.29) is 16.5 Å². The lowest BCUT2D eigenvalue weighted by Gasteiger charge is -2.10. The number of benzene rings is 3. The molecule has 0 saturated carbocycles. The summed E-state index contributed by atoms with van der Waals surface area (Å²) in [5.41, 5.74) is 1.08. The maximum absolute atomic E-state index is 12.7. The second-order valence-corrected chi connectivity index (χ2v) is 9.66. The van der Waals surface area contributed by atoms with Crippen molar-refractivity contribution in [3.8, 4) is 0 Å². The number of amides is 1. The molecule has 0 aliphatic rings. The number of thiazole rings is 1. The lowest BCUT2D eigenvalue weighted by atomic mass is 10.1. The highest BCUT2D eigenvalue weighted by atomic mass is 32.2. The fourth-order valence-electron chi connectivity index (χ4n) is 3.07. The zero-order chi connectivity index (χ0) is 20.6. The van der Waals surface area contributed by atoms with Crippen molar-refractivity contribution in [2.75, 3.05) is 5.32 Å². The standard InChI is InChI=1S/C21H19N3O3S2/c1-13(2)24-29(26,27)16-8-5-7-15(12-16)20(25)23-21-22-19-17-9-4-3-6-14(17)10-11-18(19)28-21/h3-13,24H,1-2H3,(H,22,23,25). The van der Waals surface area contributed by atoms with Crippen molar-refractivity contribution in [2.45, 2.75) is 24.8 Å². The quantitative estimate of drug-likeness (QED) is 0.496. The third kappa shape index (κ3) is 4.00. The van der Waals surface area contributed by atoms with Crippen molar-refractivity contribution in [3.05, 3.63) is 66.2 Å². The average molecular weight is 426 g/mol. The lowest BCUT2D eigenvalue weighted by Crippen LogP contribution is -2.30. The molecule has 0 aliphatic carbocycles. The molecule has 4 aromatic rings. The van der Waals surface area contributed by atoms with Crippen LogP contribution in [0.15, 0.2) is 65.6 Å². The maximum atomic E-state index is 12.7. The molecule has 0 spiro atoms. The first-order chi connectivity index (χ1) is 13.8. The molecular formula is C21H19N3O3S2. The van der Waals surface area contributed by atoms with Crippen molar-refractivity contribution in [2.24, 2.45) is 0 Å². The minimum absolute atomic E-state index is 0.0501. The van der Waals surface area contributed by atoms with Crippen LogP contribution in [-0.2, 0) is 10.0 Å². The Morgan fingerprint density at radius 3 is 2.62 bits per heavy atom. The zero-order valence-corrected chi connectivity index (χ0v) is 17.5. The molecule has 0 bridgehead atoms. The first kappa shape index (κ1) is 19.5. The van der Waals surface area contributed by atoms with Crippen molar-refractivity contribution >= 4 is 53.4 Å². The van der Waals surface area contributed by atoms with Gasteiger partial charge >= 0.3 is 0 Å². The van der Waals surface area contributed by atoms with Crippen LogP contribution in [-0.4, -0.2) is 25.4 Å². The van der Waals surface area contributed by atoms with Crippen LogP contribution in [0.25, 0.3) is 21.0 Å². The van der Waals surface area contributed by atoms with Gasteiger partial charge in [0.1, 0.15) is 0 Å². The third-order valence-electron chi connectivity index (χ3n) is 4.30. The lowest BCUT2D eigenvalue weighted by molar-refractivity contribution is 0.102. The molecule has 0 radical (unpaired) electrons. The molecule has 1 heterocycles. The van der Waals surface area contributed by atoms with E-state index in [1.165, 1.54) is 23.5 Å². The van der Waals surface area contributed by atoms with Gasteiger partial charge in [-0.15, -0.1) is 0 Å². The van der Waals surface area contributed by atoms with Gasteiger partial charge in [-0.25, -0.2) is 18.1 Å². The van der Waals surface area contributed by atoms with Crippen LogP contribution in [0.2, 0.25) is 0 Å². The van der Waals surface area contributed by atoms with Gasteiger partial charge in [0.25, 0.3) is 5.91 Å². The number of aromatic nitrogens is 1. The molecule has 0 atom stereocenters. The minimum Gasteiger partial charge on any atom is -0.298 e. The summed E-state index contributed by atoms with van der Waals surface area (Å²) in [5.74, 6) is -0.407. The Labute approximate surface area is 172 Å². The second-order valence-electron chi connectivity index (χ2n) is 6.91. The van der Waals surface area contributed by atoms with E-state index in [4.69, 9.17) is 0 Å².